The molecule has 2 aromatic carbocycles. The van der Waals surface area contributed by atoms with Crippen molar-refractivity contribution < 1.29 is 4.79 Å². The zero-order valence-corrected chi connectivity index (χ0v) is 19.1. The second kappa shape index (κ2) is 9.52. The number of aryl methyl sites for hydroxylation is 1. The third-order valence-corrected chi connectivity index (χ3v) is 6.13. The minimum absolute atomic E-state index is 0.00947. The van der Waals surface area contributed by atoms with Crippen LogP contribution >= 0.6 is 11.8 Å². The Morgan fingerprint density at radius 3 is 2.59 bits per heavy atom. The first kappa shape index (κ1) is 23.1. The molecule has 2 unspecified atom stereocenters. The monoisotopic (exact) mass is 408 g/mol. The molecule has 1 amide bonds. The molecule has 2 atom stereocenters. The summed E-state index contributed by atoms with van der Waals surface area (Å²) in [5.41, 5.74) is 10.1. The number of allylic oxidation sites excluding steroid dienone is 1. The van der Waals surface area contributed by atoms with Crippen LogP contribution < -0.4 is 11.1 Å². The summed E-state index contributed by atoms with van der Waals surface area (Å²) in [4.78, 5) is 13.0. The van der Waals surface area contributed by atoms with E-state index >= 15 is 0 Å². The summed E-state index contributed by atoms with van der Waals surface area (Å²) in [6.07, 6.45) is 10.2. The van der Waals surface area contributed by atoms with Gasteiger partial charge in [-0.15, -0.1) is 6.42 Å². The first-order chi connectivity index (χ1) is 13.6. The number of carbonyl (C=O) groups excluding carboxylic acids is 1. The minimum atomic E-state index is -0.524. The summed E-state index contributed by atoms with van der Waals surface area (Å²) < 4.78 is 0. The first-order valence-electron chi connectivity index (χ1n) is 9.82. The molecule has 0 aliphatic rings. The first-order valence-corrected chi connectivity index (χ1v) is 11.1. The molecule has 4 heteroatoms. The fourth-order valence-corrected chi connectivity index (χ4v) is 4.02. The number of terminal acetylenes is 1. The molecule has 0 spiro atoms. The van der Waals surface area contributed by atoms with Crippen molar-refractivity contribution in [2.24, 2.45) is 5.73 Å². The molecule has 0 radical (unpaired) electrons. The third-order valence-electron chi connectivity index (χ3n) is 5.18. The number of amides is 1. The Bertz CT molecular complexity index is 965. The van der Waals surface area contributed by atoms with E-state index in [-0.39, 0.29) is 17.2 Å². The van der Waals surface area contributed by atoms with E-state index in [9.17, 15) is 4.79 Å². The van der Waals surface area contributed by atoms with E-state index < -0.39 is 5.54 Å². The summed E-state index contributed by atoms with van der Waals surface area (Å²) in [6.45, 7) is 10.0. The minimum Gasteiger partial charge on any atom is -0.348 e. The molecule has 0 heterocycles. The molecular weight excluding hydrogens is 376 g/mol. The predicted octanol–water partition coefficient (Wildman–Crippen LogP) is 4.59. The lowest BCUT2D eigenvalue weighted by Crippen LogP contribution is -2.57. The number of fused-ring (bicyclic) bond motifs is 1. The highest BCUT2D eigenvalue weighted by molar-refractivity contribution is 7.99. The zero-order valence-electron chi connectivity index (χ0n) is 18.3. The van der Waals surface area contributed by atoms with Crippen LogP contribution in [0.4, 0.5) is 0 Å². The fourth-order valence-electron chi connectivity index (χ4n) is 3.39. The van der Waals surface area contributed by atoms with Gasteiger partial charge in [-0.1, -0.05) is 35.8 Å². The molecule has 0 saturated heterocycles. The number of nitrogens with one attached hydrogen (secondary N) is 1. The summed E-state index contributed by atoms with van der Waals surface area (Å²) >= 11 is 1.56. The highest BCUT2D eigenvalue weighted by Crippen LogP contribution is 2.25. The smallest absolute Gasteiger partial charge is 0.233 e. The highest BCUT2D eigenvalue weighted by atomic mass is 32.2. The van der Waals surface area contributed by atoms with Crippen LogP contribution in [0.15, 0.2) is 42.0 Å². The maximum absolute atomic E-state index is 13.0. The molecule has 0 aliphatic carbocycles. The maximum atomic E-state index is 13.0. The number of thioether (sulfide) groups is 1. The topological polar surface area (TPSA) is 55.1 Å². The fraction of sp³-hybridized carbons (Fsp3) is 0.400. The molecule has 0 fully saturated rings. The lowest BCUT2D eigenvalue weighted by molar-refractivity contribution is -0.122. The van der Waals surface area contributed by atoms with Gasteiger partial charge in [0.2, 0.25) is 5.91 Å². The second-order valence-electron chi connectivity index (χ2n) is 8.40. The standard InChI is InChI=1S/C25H32N2OS/c1-8-18-9-10-21-17(4)12-19(14-20(21)13-18)15-22(29-7)24(28)27-25(5,6)23(26)11-16(2)3/h1,9-14,22-23H,15,26H2,2-7H3,(H,27,28). The van der Waals surface area contributed by atoms with Crippen molar-refractivity contribution in [2.45, 2.75) is 57.9 Å². The van der Waals surface area contributed by atoms with Gasteiger partial charge in [0.25, 0.3) is 0 Å². The molecule has 0 saturated carbocycles. The zero-order chi connectivity index (χ0) is 21.8. The van der Waals surface area contributed by atoms with Crippen molar-refractivity contribution in [3.05, 3.63) is 58.7 Å². The van der Waals surface area contributed by atoms with E-state index in [2.05, 4.69) is 36.4 Å². The average molecular weight is 409 g/mol. The Hall–Kier alpha value is -2.22. The Balaban J connectivity index is 2.23. The average Bonchev–Trinajstić information content (AvgIpc) is 2.64. The van der Waals surface area contributed by atoms with Crippen LogP contribution in [-0.4, -0.2) is 29.0 Å². The van der Waals surface area contributed by atoms with E-state index in [1.54, 1.807) is 11.8 Å². The van der Waals surface area contributed by atoms with Crippen LogP contribution in [0.1, 0.15) is 44.4 Å². The molecule has 2 rings (SSSR count). The lowest BCUT2D eigenvalue weighted by Gasteiger charge is -2.32. The Labute approximate surface area is 179 Å². The number of benzene rings is 2. The Morgan fingerprint density at radius 1 is 1.31 bits per heavy atom. The van der Waals surface area contributed by atoms with Crippen molar-refractivity contribution in [3.8, 4) is 12.3 Å². The van der Waals surface area contributed by atoms with Gasteiger partial charge in [-0.25, -0.2) is 0 Å². The number of hydrogen-bond acceptors (Lipinski definition) is 3. The van der Waals surface area contributed by atoms with E-state index in [0.717, 1.165) is 22.1 Å². The Morgan fingerprint density at radius 2 is 2.00 bits per heavy atom. The highest BCUT2D eigenvalue weighted by Gasteiger charge is 2.30. The van der Waals surface area contributed by atoms with Crippen LogP contribution in [-0.2, 0) is 11.2 Å². The normalized spacial score (nSPS) is 13.4. The SMILES string of the molecule is C#Cc1ccc2c(C)cc(CC(SC)C(=O)NC(C)(C)C(N)C=C(C)C)cc2c1. The second-order valence-corrected chi connectivity index (χ2v) is 9.44. The van der Waals surface area contributed by atoms with Gasteiger partial charge in [0.15, 0.2) is 0 Å². The van der Waals surface area contributed by atoms with E-state index in [1.165, 1.54) is 10.9 Å². The largest absolute Gasteiger partial charge is 0.348 e. The van der Waals surface area contributed by atoms with Gasteiger partial charge in [-0.3, -0.25) is 4.79 Å². The predicted molar refractivity (Wildman–Crippen MR) is 127 cm³/mol. The molecule has 0 aliphatic heterocycles. The summed E-state index contributed by atoms with van der Waals surface area (Å²) in [5.74, 6) is 2.70. The van der Waals surface area contributed by atoms with Crippen molar-refractivity contribution in [1.82, 2.24) is 5.32 Å². The van der Waals surface area contributed by atoms with Gasteiger partial charge in [0.05, 0.1) is 10.8 Å². The molecule has 29 heavy (non-hydrogen) atoms. The third kappa shape index (κ3) is 5.88. The van der Waals surface area contributed by atoms with Crippen LogP contribution in [0, 0.1) is 19.3 Å². The van der Waals surface area contributed by atoms with E-state index in [4.69, 9.17) is 12.2 Å². The number of hydrogen-bond donors (Lipinski definition) is 2. The lowest BCUT2D eigenvalue weighted by atomic mass is 9.93. The van der Waals surface area contributed by atoms with Crippen LogP contribution in [0.25, 0.3) is 10.8 Å². The maximum Gasteiger partial charge on any atom is 0.233 e. The molecular formula is C25H32N2OS. The van der Waals surface area contributed by atoms with Gasteiger partial charge in [0, 0.05) is 11.6 Å². The number of carbonyl (C=O) groups is 1. The van der Waals surface area contributed by atoms with Gasteiger partial charge in [-0.05, 0) is 81.3 Å². The molecule has 154 valence electrons. The molecule has 0 bridgehead atoms. The van der Waals surface area contributed by atoms with Crippen molar-refractivity contribution in [3.63, 3.8) is 0 Å². The quantitative estimate of drug-likeness (QED) is 0.520. The van der Waals surface area contributed by atoms with Crippen LogP contribution in [0.2, 0.25) is 0 Å². The summed E-state index contributed by atoms with van der Waals surface area (Å²) in [5, 5.41) is 5.25. The molecule has 0 aromatic heterocycles. The molecule has 3 nitrogen and oxygen atoms in total. The van der Waals surface area contributed by atoms with Gasteiger partial charge >= 0.3 is 0 Å². The molecule has 3 N–H and O–H groups in total. The number of rotatable bonds is 7. The van der Waals surface area contributed by atoms with Crippen molar-refractivity contribution >= 4 is 28.4 Å². The van der Waals surface area contributed by atoms with Gasteiger partial charge in [0.1, 0.15) is 0 Å². The summed E-state index contributed by atoms with van der Waals surface area (Å²) in [7, 11) is 0. The van der Waals surface area contributed by atoms with Crippen molar-refractivity contribution in [2.75, 3.05) is 6.26 Å². The summed E-state index contributed by atoms with van der Waals surface area (Å²) in [6, 6.07) is 10.1. The Kier molecular flexibility index (Phi) is 7.57. The van der Waals surface area contributed by atoms with Crippen LogP contribution in [0.3, 0.4) is 0 Å². The van der Waals surface area contributed by atoms with Crippen molar-refractivity contribution in [1.29, 1.82) is 0 Å². The van der Waals surface area contributed by atoms with E-state index in [0.29, 0.717) is 6.42 Å². The number of nitrogens with two attached hydrogens (primary N) is 1. The van der Waals surface area contributed by atoms with E-state index in [1.807, 2.05) is 52.2 Å². The van der Waals surface area contributed by atoms with Gasteiger partial charge in [-0.2, -0.15) is 11.8 Å². The molecule has 2 aromatic rings. The van der Waals surface area contributed by atoms with Crippen LogP contribution in [0.5, 0.6) is 0 Å². The van der Waals surface area contributed by atoms with Gasteiger partial charge < -0.3 is 11.1 Å².